The van der Waals surface area contributed by atoms with E-state index in [0.29, 0.717) is 11.5 Å². The van der Waals surface area contributed by atoms with Crippen molar-refractivity contribution in [3.05, 3.63) is 23.4 Å². The molecule has 0 spiro atoms. The van der Waals surface area contributed by atoms with Gasteiger partial charge in [0.1, 0.15) is 11.4 Å². The molecule has 1 aromatic rings. The first-order valence-electron chi connectivity index (χ1n) is 6.47. The van der Waals surface area contributed by atoms with Crippen LogP contribution >= 0.6 is 11.9 Å². The Balaban J connectivity index is 1.94. The predicted octanol–water partition coefficient (Wildman–Crippen LogP) is 1.76. The molecule has 1 saturated heterocycles. The number of rotatable bonds is 3. The lowest BCUT2D eigenvalue weighted by molar-refractivity contribution is 0.0601. The summed E-state index contributed by atoms with van der Waals surface area (Å²) in [5, 5.41) is 0. The summed E-state index contributed by atoms with van der Waals surface area (Å²) in [6.07, 6.45) is 4.31. The van der Waals surface area contributed by atoms with Crippen molar-refractivity contribution >= 4 is 23.7 Å². The van der Waals surface area contributed by atoms with Crippen LogP contribution in [-0.4, -0.2) is 37.0 Å². The fourth-order valence-electron chi connectivity index (χ4n) is 2.23. The molecule has 0 amide bonds. The van der Waals surface area contributed by atoms with Crippen LogP contribution in [0.2, 0.25) is 0 Å². The van der Waals surface area contributed by atoms with Crippen LogP contribution < -0.4 is 9.62 Å². The van der Waals surface area contributed by atoms with Gasteiger partial charge < -0.3 is 9.64 Å². The number of carbonyl (C=O) groups excluding carboxylic acids is 1. The van der Waals surface area contributed by atoms with Gasteiger partial charge in [0.15, 0.2) is 0 Å². The number of anilines is 1. The largest absolute Gasteiger partial charge is 0.465 e. The number of nitrogens with one attached hydrogen (secondary N) is 1. The number of esters is 1. The molecule has 2 heterocycles. The topological polar surface area (TPSA) is 54.5 Å². The van der Waals surface area contributed by atoms with Crippen LogP contribution in [0.1, 0.15) is 34.7 Å². The first-order chi connectivity index (χ1) is 9.29. The molecule has 0 aromatic carbocycles. The molecule has 0 unspecified atom stereocenters. The van der Waals surface area contributed by atoms with Crippen molar-refractivity contribution < 1.29 is 9.53 Å². The Morgan fingerprint density at radius 1 is 1.58 bits per heavy atom. The number of hydrogen-bond acceptors (Lipinski definition) is 6. The smallest absolute Gasteiger partial charge is 0.341 e. The van der Waals surface area contributed by atoms with E-state index in [-0.39, 0.29) is 5.97 Å². The van der Waals surface area contributed by atoms with Crippen molar-refractivity contribution in [3.63, 3.8) is 0 Å². The zero-order chi connectivity index (χ0) is 13.2. The van der Waals surface area contributed by atoms with E-state index in [1.54, 1.807) is 11.9 Å². The highest BCUT2D eigenvalue weighted by Crippen LogP contribution is 2.40. The molecular weight excluding hydrogens is 262 g/mol. The molecule has 1 aliphatic heterocycles. The third kappa shape index (κ3) is 2.69. The normalized spacial score (nSPS) is 19.3. The fourth-order valence-corrected chi connectivity index (χ4v) is 2.97. The molecule has 1 N–H and O–H groups in total. The second-order valence-corrected chi connectivity index (χ2v) is 5.67. The molecule has 19 heavy (non-hydrogen) atoms. The average Bonchev–Trinajstić information content (AvgIpc) is 3.31. The van der Waals surface area contributed by atoms with Crippen molar-refractivity contribution in [1.29, 1.82) is 0 Å². The van der Waals surface area contributed by atoms with Gasteiger partial charge in [-0.3, -0.25) is 4.72 Å². The molecule has 1 aliphatic carbocycles. The van der Waals surface area contributed by atoms with Gasteiger partial charge in [-0.25, -0.2) is 9.78 Å². The monoisotopic (exact) mass is 279 g/mol. The van der Waals surface area contributed by atoms with Crippen molar-refractivity contribution in [2.45, 2.75) is 18.8 Å². The average molecular weight is 279 g/mol. The van der Waals surface area contributed by atoms with E-state index in [0.717, 1.165) is 30.3 Å². The highest BCUT2D eigenvalue weighted by molar-refractivity contribution is 7.97. The number of nitrogens with zero attached hydrogens (tertiary/aromatic N) is 2. The Morgan fingerprint density at radius 2 is 2.42 bits per heavy atom. The molecule has 5 nitrogen and oxygen atoms in total. The SMILES string of the molecule is COC(=O)c1cc(C2CC2)cnc1N1CCNSC1. The Labute approximate surface area is 116 Å². The lowest BCUT2D eigenvalue weighted by Crippen LogP contribution is -2.37. The highest BCUT2D eigenvalue weighted by Gasteiger charge is 2.27. The van der Waals surface area contributed by atoms with Crippen LogP contribution in [0.3, 0.4) is 0 Å². The second kappa shape index (κ2) is 5.38. The summed E-state index contributed by atoms with van der Waals surface area (Å²) in [4.78, 5) is 18.6. The molecule has 1 saturated carbocycles. The van der Waals surface area contributed by atoms with Gasteiger partial charge in [0, 0.05) is 19.3 Å². The maximum atomic E-state index is 12.0. The summed E-state index contributed by atoms with van der Waals surface area (Å²) in [6.45, 7) is 1.74. The lowest BCUT2D eigenvalue weighted by Gasteiger charge is -2.28. The number of pyridine rings is 1. The van der Waals surface area contributed by atoms with Crippen molar-refractivity contribution in [2.75, 3.05) is 31.0 Å². The van der Waals surface area contributed by atoms with Crippen molar-refractivity contribution in [1.82, 2.24) is 9.71 Å². The van der Waals surface area contributed by atoms with Gasteiger partial charge >= 0.3 is 5.97 Å². The van der Waals surface area contributed by atoms with Gasteiger partial charge in [0.25, 0.3) is 0 Å². The minimum absolute atomic E-state index is 0.298. The van der Waals surface area contributed by atoms with Crippen LogP contribution in [0.4, 0.5) is 5.82 Å². The molecule has 2 fully saturated rings. The summed E-state index contributed by atoms with van der Waals surface area (Å²) in [6, 6.07) is 1.96. The maximum absolute atomic E-state index is 12.0. The Bertz CT molecular complexity index is 485. The van der Waals surface area contributed by atoms with Crippen molar-refractivity contribution in [3.8, 4) is 0 Å². The number of methoxy groups -OCH3 is 1. The lowest BCUT2D eigenvalue weighted by atomic mass is 10.1. The van der Waals surface area contributed by atoms with Crippen LogP contribution in [0, 0.1) is 0 Å². The third-order valence-corrected chi connectivity index (χ3v) is 4.30. The molecule has 1 aromatic heterocycles. The highest BCUT2D eigenvalue weighted by atomic mass is 32.2. The molecule has 0 atom stereocenters. The van der Waals surface area contributed by atoms with E-state index in [1.807, 2.05) is 12.3 Å². The minimum atomic E-state index is -0.298. The minimum Gasteiger partial charge on any atom is -0.465 e. The standard InChI is InChI=1S/C13H17N3O2S/c1-18-13(17)11-6-10(9-2-3-9)7-14-12(11)16-5-4-15-19-8-16/h6-7,9,15H,2-5,8H2,1H3. The Morgan fingerprint density at radius 3 is 3.05 bits per heavy atom. The van der Waals surface area contributed by atoms with E-state index in [9.17, 15) is 4.79 Å². The number of carbonyl (C=O) groups is 1. The maximum Gasteiger partial charge on any atom is 0.341 e. The molecule has 2 aliphatic rings. The predicted molar refractivity (Wildman–Crippen MR) is 75.4 cm³/mol. The molecule has 0 bridgehead atoms. The van der Waals surface area contributed by atoms with E-state index in [2.05, 4.69) is 14.6 Å². The van der Waals surface area contributed by atoms with Crippen molar-refractivity contribution in [2.24, 2.45) is 0 Å². The Hall–Kier alpha value is -1.27. The molecule has 6 heteroatoms. The van der Waals surface area contributed by atoms with E-state index in [1.165, 1.54) is 20.0 Å². The summed E-state index contributed by atoms with van der Waals surface area (Å²) >= 11 is 1.63. The third-order valence-electron chi connectivity index (χ3n) is 3.45. The quantitative estimate of drug-likeness (QED) is 0.672. The molecule has 102 valence electrons. The van der Waals surface area contributed by atoms with Gasteiger partial charge in [0.05, 0.1) is 13.0 Å². The summed E-state index contributed by atoms with van der Waals surface area (Å²) in [5.41, 5.74) is 1.75. The van der Waals surface area contributed by atoms with Crippen LogP contribution in [0.25, 0.3) is 0 Å². The van der Waals surface area contributed by atoms with Crippen LogP contribution in [0.5, 0.6) is 0 Å². The first-order valence-corrected chi connectivity index (χ1v) is 7.46. The summed E-state index contributed by atoms with van der Waals surface area (Å²) in [5.74, 6) is 1.82. The molecule has 0 radical (unpaired) electrons. The zero-order valence-corrected chi connectivity index (χ0v) is 11.7. The van der Waals surface area contributed by atoms with Crippen LogP contribution in [0.15, 0.2) is 12.3 Å². The Kier molecular flexibility index (Phi) is 3.61. The number of ether oxygens (including phenoxy) is 1. The van der Waals surface area contributed by atoms with Gasteiger partial charge in [-0.1, -0.05) is 11.9 Å². The number of hydrogen-bond donors (Lipinski definition) is 1. The number of aromatic nitrogens is 1. The van der Waals surface area contributed by atoms with E-state index >= 15 is 0 Å². The second-order valence-electron chi connectivity index (χ2n) is 4.84. The van der Waals surface area contributed by atoms with E-state index in [4.69, 9.17) is 4.74 Å². The van der Waals surface area contributed by atoms with Gasteiger partial charge in [-0.15, -0.1) is 0 Å². The van der Waals surface area contributed by atoms with Gasteiger partial charge in [-0.2, -0.15) is 0 Å². The zero-order valence-electron chi connectivity index (χ0n) is 10.9. The first kappa shape index (κ1) is 12.7. The van der Waals surface area contributed by atoms with Gasteiger partial charge in [0.2, 0.25) is 0 Å². The molecular formula is C13H17N3O2S. The summed E-state index contributed by atoms with van der Waals surface area (Å²) in [7, 11) is 1.42. The molecule has 3 rings (SSSR count). The van der Waals surface area contributed by atoms with Gasteiger partial charge in [-0.05, 0) is 30.4 Å². The summed E-state index contributed by atoms with van der Waals surface area (Å²) < 4.78 is 8.11. The van der Waals surface area contributed by atoms with E-state index < -0.39 is 0 Å². The van der Waals surface area contributed by atoms with Crippen LogP contribution in [-0.2, 0) is 4.74 Å². The fraction of sp³-hybridized carbons (Fsp3) is 0.538.